The van der Waals surface area contributed by atoms with Gasteiger partial charge in [-0.25, -0.2) is 4.98 Å². The Morgan fingerprint density at radius 1 is 1.08 bits per heavy atom. The van der Waals surface area contributed by atoms with Crippen molar-refractivity contribution in [2.75, 3.05) is 5.75 Å². The highest BCUT2D eigenvalue weighted by atomic mass is 32.2. The highest BCUT2D eigenvalue weighted by Crippen LogP contribution is 2.19. The first-order valence-electron chi connectivity index (χ1n) is 8.33. The molecule has 0 aliphatic rings. The SMILES string of the molecule is N#CCCSc1nc2ccccc2c(=O)n1CCCc1ccccc1. The average molecular weight is 349 g/mol. The van der Waals surface area contributed by atoms with Crippen LogP contribution in [0.2, 0.25) is 0 Å². The molecule has 2 aromatic carbocycles. The first-order chi connectivity index (χ1) is 12.3. The van der Waals surface area contributed by atoms with Crippen molar-refractivity contribution >= 4 is 22.7 Å². The molecule has 0 N–H and O–H groups in total. The molecule has 5 heteroatoms. The molecule has 0 aliphatic heterocycles. The summed E-state index contributed by atoms with van der Waals surface area (Å²) in [6.45, 7) is 0.625. The maximum Gasteiger partial charge on any atom is 0.262 e. The van der Waals surface area contributed by atoms with Crippen molar-refractivity contribution in [1.82, 2.24) is 9.55 Å². The number of aryl methyl sites for hydroxylation is 1. The van der Waals surface area contributed by atoms with Crippen molar-refractivity contribution in [2.24, 2.45) is 0 Å². The Morgan fingerprint density at radius 2 is 1.84 bits per heavy atom. The minimum absolute atomic E-state index is 0.00174. The lowest BCUT2D eigenvalue weighted by Gasteiger charge is -2.12. The molecule has 4 nitrogen and oxygen atoms in total. The van der Waals surface area contributed by atoms with Crippen molar-refractivity contribution in [3.8, 4) is 6.07 Å². The summed E-state index contributed by atoms with van der Waals surface area (Å²) in [7, 11) is 0. The van der Waals surface area contributed by atoms with Crippen LogP contribution in [0.1, 0.15) is 18.4 Å². The molecule has 0 aliphatic carbocycles. The summed E-state index contributed by atoms with van der Waals surface area (Å²) in [6.07, 6.45) is 2.23. The van der Waals surface area contributed by atoms with Gasteiger partial charge in [0.2, 0.25) is 0 Å². The molecule has 126 valence electrons. The van der Waals surface area contributed by atoms with Gasteiger partial charge in [0, 0.05) is 18.7 Å². The zero-order chi connectivity index (χ0) is 17.5. The number of hydrogen-bond acceptors (Lipinski definition) is 4. The molecule has 0 saturated heterocycles. The third-order valence-corrected chi connectivity index (χ3v) is 4.94. The van der Waals surface area contributed by atoms with Gasteiger partial charge in [0.15, 0.2) is 5.16 Å². The summed E-state index contributed by atoms with van der Waals surface area (Å²) >= 11 is 1.48. The van der Waals surface area contributed by atoms with Gasteiger partial charge in [0.25, 0.3) is 5.56 Å². The summed E-state index contributed by atoms with van der Waals surface area (Å²) in [6, 6.07) is 19.8. The Hall–Kier alpha value is -2.58. The minimum atomic E-state index is -0.00174. The van der Waals surface area contributed by atoms with Crippen LogP contribution in [0.4, 0.5) is 0 Å². The van der Waals surface area contributed by atoms with E-state index in [4.69, 9.17) is 5.26 Å². The molecule has 0 fully saturated rings. The average Bonchev–Trinajstić information content (AvgIpc) is 2.65. The molecule has 0 amide bonds. The van der Waals surface area contributed by atoms with Gasteiger partial charge in [-0.05, 0) is 30.5 Å². The van der Waals surface area contributed by atoms with Crippen LogP contribution in [0.5, 0.6) is 0 Å². The Morgan fingerprint density at radius 3 is 2.64 bits per heavy atom. The van der Waals surface area contributed by atoms with E-state index in [0.29, 0.717) is 34.8 Å². The summed E-state index contributed by atoms with van der Waals surface area (Å²) in [5.74, 6) is 0.639. The molecule has 3 aromatic rings. The molecule has 0 saturated carbocycles. The molecule has 0 bridgehead atoms. The second kappa shape index (κ2) is 8.50. The maximum absolute atomic E-state index is 12.9. The Kier molecular flexibility index (Phi) is 5.86. The fourth-order valence-corrected chi connectivity index (χ4v) is 3.60. The van der Waals surface area contributed by atoms with E-state index in [1.165, 1.54) is 17.3 Å². The first kappa shape index (κ1) is 17.2. The molecule has 1 heterocycles. The molecular formula is C20H19N3OS. The zero-order valence-corrected chi connectivity index (χ0v) is 14.7. The lowest BCUT2D eigenvalue weighted by molar-refractivity contribution is 0.564. The van der Waals surface area contributed by atoms with Gasteiger partial charge in [-0.2, -0.15) is 5.26 Å². The van der Waals surface area contributed by atoms with Crippen LogP contribution < -0.4 is 5.56 Å². The molecular weight excluding hydrogens is 330 g/mol. The van der Waals surface area contributed by atoms with Crippen LogP contribution >= 0.6 is 11.8 Å². The van der Waals surface area contributed by atoms with Crippen molar-refractivity contribution in [1.29, 1.82) is 5.26 Å². The zero-order valence-electron chi connectivity index (χ0n) is 13.9. The second-order valence-electron chi connectivity index (χ2n) is 5.71. The quantitative estimate of drug-likeness (QED) is 0.367. The standard InChI is InChI=1S/C20H19N3OS/c21-13-7-15-25-20-22-18-12-5-4-11-17(18)19(24)23(20)14-6-10-16-8-2-1-3-9-16/h1-5,8-9,11-12H,6-7,10,14-15H2. The van der Waals surface area contributed by atoms with Crippen LogP contribution in [-0.2, 0) is 13.0 Å². The molecule has 3 rings (SSSR count). The maximum atomic E-state index is 12.9. The predicted molar refractivity (Wildman–Crippen MR) is 102 cm³/mol. The van der Waals surface area contributed by atoms with Gasteiger partial charge in [-0.1, -0.05) is 54.2 Å². The van der Waals surface area contributed by atoms with E-state index >= 15 is 0 Å². The smallest absolute Gasteiger partial charge is 0.262 e. The number of aromatic nitrogens is 2. The van der Waals surface area contributed by atoms with Crippen molar-refractivity contribution in [3.63, 3.8) is 0 Å². The Bertz CT molecular complexity index is 945. The largest absolute Gasteiger partial charge is 0.287 e. The Labute approximate surface area is 151 Å². The van der Waals surface area contributed by atoms with Gasteiger partial charge in [-0.3, -0.25) is 9.36 Å². The van der Waals surface area contributed by atoms with Crippen LogP contribution in [-0.4, -0.2) is 15.3 Å². The number of thioether (sulfide) groups is 1. The fraction of sp³-hybridized carbons (Fsp3) is 0.250. The number of rotatable bonds is 7. The molecule has 0 radical (unpaired) electrons. The molecule has 25 heavy (non-hydrogen) atoms. The molecule has 0 spiro atoms. The monoisotopic (exact) mass is 349 g/mol. The highest BCUT2D eigenvalue weighted by molar-refractivity contribution is 7.99. The molecule has 0 atom stereocenters. The van der Waals surface area contributed by atoms with Crippen LogP contribution in [0.25, 0.3) is 10.9 Å². The number of nitriles is 1. The minimum Gasteiger partial charge on any atom is -0.287 e. The van der Waals surface area contributed by atoms with Gasteiger partial charge < -0.3 is 0 Å². The third-order valence-electron chi connectivity index (χ3n) is 3.96. The van der Waals surface area contributed by atoms with E-state index < -0.39 is 0 Å². The first-order valence-corrected chi connectivity index (χ1v) is 9.31. The number of fused-ring (bicyclic) bond motifs is 1. The molecule has 1 aromatic heterocycles. The van der Waals surface area contributed by atoms with E-state index in [0.717, 1.165) is 12.8 Å². The Balaban J connectivity index is 1.85. The third kappa shape index (κ3) is 4.28. The number of para-hydroxylation sites is 1. The van der Waals surface area contributed by atoms with Crippen molar-refractivity contribution in [2.45, 2.75) is 31.0 Å². The second-order valence-corrected chi connectivity index (χ2v) is 6.78. The number of benzene rings is 2. The van der Waals surface area contributed by atoms with Crippen molar-refractivity contribution < 1.29 is 0 Å². The normalized spacial score (nSPS) is 10.7. The van der Waals surface area contributed by atoms with Gasteiger partial charge in [-0.15, -0.1) is 0 Å². The van der Waals surface area contributed by atoms with Gasteiger partial charge in [0.05, 0.1) is 17.0 Å². The van der Waals surface area contributed by atoms with Crippen LogP contribution in [0, 0.1) is 11.3 Å². The summed E-state index contributed by atoms with van der Waals surface area (Å²) in [5, 5.41) is 10.1. The summed E-state index contributed by atoms with van der Waals surface area (Å²) < 4.78 is 1.76. The van der Waals surface area contributed by atoms with E-state index in [1.807, 2.05) is 42.5 Å². The highest BCUT2D eigenvalue weighted by Gasteiger charge is 2.11. The van der Waals surface area contributed by atoms with Gasteiger partial charge in [0.1, 0.15) is 0 Å². The van der Waals surface area contributed by atoms with E-state index in [1.54, 1.807) is 4.57 Å². The van der Waals surface area contributed by atoms with Gasteiger partial charge >= 0.3 is 0 Å². The van der Waals surface area contributed by atoms with E-state index in [9.17, 15) is 4.79 Å². The van der Waals surface area contributed by atoms with E-state index in [2.05, 4.69) is 23.2 Å². The summed E-state index contributed by atoms with van der Waals surface area (Å²) in [4.78, 5) is 17.5. The predicted octanol–water partition coefficient (Wildman–Crippen LogP) is 4.04. The number of nitrogens with zero attached hydrogens (tertiary/aromatic N) is 3. The van der Waals surface area contributed by atoms with E-state index in [-0.39, 0.29) is 5.56 Å². The number of hydrogen-bond donors (Lipinski definition) is 0. The lowest BCUT2D eigenvalue weighted by atomic mass is 10.1. The lowest BCUT2D eigenvalue weighted by Crippen LogP contribution is -2.23. The van der Waals surface area contributed by atoms with Crippen LogP contribution in [0.3, 0.4) is 0 Å². The summed E-state index contributed by atoms with van der Waals surface area (Å²) in [5.41, 5.74) is 1.98. The topological polar surface area (TPSA) is 58.7 Å². The van der Waals surface area contributed by atoms with Crippen LogP contribution in [0.15, 0.2) is 64.5 Å². The fourth-order valence-electron chi connectivity index (χ4n) is 2.73. The van der Waals surface area contributed by atoms with Crippen molar-refractivity contribution in [3.05, 3.63) is 70.5 Å². The molecule has 0 unspecified atom stereocenters.